The minimum absolute atomic E-state index is 0.892. The van der Waals surface area contributed by atoms with Gasteiger partial charge in [-0.1, -0.05) is 50.8 Å². The summed E-state index contributed by atoms with van der Waals surface area (Å²) in [7, 11) is 0. The average molecular weight is 190 g/mol. The second-order valence-corrected chi connectivity index (χ2v) is 3.68. The van der Waals surface area contributed by atoms with Crippen LogP contribution in [0.5, 0.6) is 0 Å². The van der Waals surface area contributed by atoms with Crippen LogP contribution in [0.15, 0.2) is 24.3 Å². The first kappa shape index (κ1) is 11.1. The monoisotopic (exact) mass is 190 g/mol. The molecule has 0 aromatic heterocycles. The van der Waals surface area contributed by atoms with Crippen LogP contribution < -0.4 is 5.73 Å². The minimum Gasteiger partial charge on any atom is -0.398 e. The molecular weight excluding hydrogens is 170 g/mol. The fraction of sp³-hybridized carbons (Fsp3) is 0.462. The van der Waals surface area contributed by atoms with Crippen LogP contribution in [-0.4, -0.2) is 0 Å². The van der Waals surface area contributed by atoms with E-state index in [2.05, 4.69) is 19.4 Å². The fourth-order valence-corrected chi connectivity index (χ4v) is 1.53. The molecule has 0 saturated heterocycles. The van der Waals surface area contributed by atoms with Crippen molar-refractivity contribution < 1.29 is 0 Å². The summed E-state index contributed by atoms with van der Waals surface area (Å²) in [5.74, 6) is 0. The highest BCUT2D eigenvalue weighted by molar-refractivity contribution is 5.49. The van der Waals surface area contributed by atoms with Gasteiger partial charge in [0.1, 0.15) is 0 Å². The molecule has 0 aliphatic heterocycles. The molecule has 1 rings (SSSR count). The zero-order chi connectivity index (χ0) is 10.2. The van der Waals surface area contributed by atoms with Crippen molar-refractivity contribution in [2.75, 3.05) is 5.73 Å². The Hall–Kier alpha value is -0.980. The van der Waals surface area contributed by atoms with E-state index in [1.807, 2.05) is 18.2 Å². The number of hydrogen-bond donors (Lipinski definition) is 1. The second kappa shape index (κ2) is 6.47. The summed E-state index contributed by atoms with van der Waals surface area (Å²) in [6.45, 7) is 2.24. The average Bonchev–Trinajstić information content (AvgIpc) is 2.20. The molecule has 0 aliphatic rings. The van der Waals surface area contributed by atoms with Crippen LogP contribution >= 0.6 is 0 Å². The summed E-state index contributed by atoms with van der Waals surface area (Å²) in [6.07, 6.45) is 8.65. The van der Waals surface area contributed by atoms with Crippen LogP contribution in [0, 0.1) is 6.42 Å². The highest BCUT2D eigenvalue weighted by Gasteiger charge is 1.97. The first-order valence-electron chi connectivity index (χ1n) is 5.52. The summed E-state index contributed by atoms with van der Waals surface area (Å²) in [4.78, 5) is 0. The minimum atomic E-state index is 0.892. The van der Waals surface area contributed by atoms with E-state index in [4.69, 9.17) is 5.73 Å². The SMILES string of the molecule is CCCCCC[CH]c1ccccc1N. The molecule has 0 aliphatic carbocycles. The van der Waals surface area contributed by atoms with Gasteiger partial charge in [-0.15, -0.1) is 0 Å². The van der Waals surface area contributed by atoms with Crippen LogP contribution in [0.3, 0.4) is 0 Å². The molecule has 0 saturated carbocycles. The van der Waals surface area contributed by atoms with E-state index in [9.17, 15) is 0 Å². The van der Waals surface area contributed by atoms with Gasteiger partial charge in [-0.05, 0) is 24.5 Å². The molecule has 77 valence electrons. The van der Waals surface area contributed by atoms with Crippen molar-refractivity contribution in [3.8, 4) is 0 Å². The molecule has 1 radical (unpaired) electrons. The van der Waals surface area contributed by atoms with Gasteiger partial charge in [0.25, 0.3) is 0 Å². The lowest BCUT2D eigenvalue weighted by Crippen LogP contribution is -1.92. The molecule has 0 bridgehead atoms. The number of benzene rings is 1. The number of para-hydroxylation sites is 1. The molecule has 1 heteroatoms. The third-order valence-electron chi connectivity index (χ3n) is 2.42. The molecule has 0 amide bonds. The zero-order valence-corrected chi connectivity index (χ0v) is 9.00. The molecule has 1 aromatic rings. The van der Waals surface area contributed by atoms with Crippen molar-refractivity contribution in [3.63, 3.8) is 0 Å². The van der Waals surface area contributed by atoms with Gasteiger partial charge < -0.3 is 5.73 Å². The summed E-state index contributed by atoms with van der Waals surface area (Å²) in [5.41, 5.74) is 7.91. The lowest BCUT2D eigenvalue weighted by Gasteiger charge is -2.04. The van der Waals surface area contributed by atoms with E-state index in [0.29, 0.717) is 0 Å². The third-order valence-corrected chi connectivity index (χ3v) is 2.42. The lowest BCUT2D eigenvalue weighted by molar-refractivity contribution is 0.665. The van der Waals surface area contributed by atoms with Gasteiger partial charge in [0, 0.05) is 5.69 Å². The predicted octanol–water partition coefficient (Wildman–Crippen LogP) is 3.79. The number of unbranched alkanes of at least 4 members (excludes halogenated alkanes) is 4. The Labute approximate surface area is 87.3 Å². The van der Waals surface area contributed by atoms with Crippen LogP contribution in [0.25, 0.3) is 0 Å². The molecule has 0 fully saturated rings. The number of anilines is 1. The van der Waals surface area contributed by atoms with Gasteiger partial charge in [-0.3, -0.25) is 0 Å². The van der Waals surface area contributed by atoms with Crippen LogP contribution in [-0.2, 0) is 0 Å². The molecule has 0 spiro atoms. The number of nitrogens with two attached hydrogens (primary N) is 1. The quantitative estimate of drug-likeness (QED) is 0.536. The van der Waals surface area contributed by atoms with E-state index < -0.39 is 0 Å². The molecule has 1 nitrogen and oxygen atoms in total. The van der Waals surface area contributed by atoms with Gasteiger partial charge in [-0.2, -0.15) is 0 Å². The van der Waals surface area contributed by atoms with Crippen molar-refractivity contribution in [1.82, 2.24) is 0 Å². The topological polar surface area (TPSA) is 26.0 Å². The van der Waals surface area contributed by atoms with Gasteiger partial charge >= 0.3 is 0 Å². The Kier molecular flexibility index (Phi) is 5.13. The molecule has 0 heterocycles. The van der Waals surface area contributed by atoms with Crippen molar-refractivity contribution >= 4 is 5.69 Å². The second-order valence-electron chi connectivity index (χ2n) is 3.68. The first-order valence-corrected chi connectivity index (χ1v) is 5.52. The Balaban J connectivity index is 2.21. The number of nitrogen functional groups attached to an aromatic ring is 1. The predicted molar refractivity (Wildman–Crippen MR) is 63.0 cm³/mol. The van der Waals surface area contributed by atoms with E-state index in [0.717, 1.165) is 12.1 Å². The van der Waals surface area contributed by atoms with Gasteiger partial charge in [-0.25, -0.2) is 0 Å². The van der Waals surface area contributed by atoms with Crippen molar-refractivity contribution in [3.05, 3.63) is 36.2 Å². The number of rotatable bonds is 6. The van der Waals surface area contributed by atoms with E-state index in [1.165, 1.54) is 31.2 Å². The van der Waals surface area contributed by atoms with E-state index in [-0.39, 0.29) is 0 Å². The maximum absolute atomic E-state index is 5.83. The normalized spacial score (nSPS) is 10.4. The Morgan fingerprint density at radius 3 is 2.64 bits per heavy atom. The zero-order valence-electron chi connectivity index (χ0n) is 9.00. The largest absolute Gasteiger partial charge is 0.398 e. The summed E-state index contributed by atoms with van der Waals surface area (Å²) >= 11 is 0. The Morgan fingerprint density at radius 1 is 1.14 bits per heavy atom. The standard InChI is InChI=1S/C13H20N/c1-2-3-4-5-6-9-12-10-7-8-11-13(12)14/h7-11H,2-6,14H2,1H3. The van der Waals surface area contributed by atoms with Crippen LogP contribution in [0.1, 0.15) is 44.6 Å². The van der Waals surface area contributed by atoms with Gasteiger partial charge in [0.05, 0.1) is 0 Å². The highest BCUT2D eigenvalue weighted by atomic mass is 14.6. The molecule has 2 N–H and O–H groups in total. The van der Waals surface area contributed by atoms with Crippen molar-refractivity contribution in [2.24, 2.45) is 0 Å². The molecule has 14 heavy (non-hydrogen) atoms. The van der Waals surface area contributed by atoms with Crippen molar-refractivity contribution in [1.29, 1.82) is 0 Å². The van der Waals surface area contributed by atoms with E-state index in [1.54, 1.807) is 0 Å². The molecule has 0 atom stereocenters. The third kappa shape index (κ3) is 3.82. The first-order chi connectivity index (χ1) is 6.84. The van der Waals surface area contributed by atoms with Crippen molar-refractivity contribution in [2.45, 2.75) is 39.0 Å². The molecular formula is C13H20N. The molecule has 1 aromatic carbocycles. The van der Waals surface area contributed by atoms with Crippen LogP contribution in [0.4, 0.5) is 5.69 Å². The van der Waals surface area contributed by atoms with Gasteiger partial charge in [0.15, 0.2) is 0 Å². The maximum Gasteiger partial charge on any atom is 0.0349 e. The fourth-order valence-electron chi connectivity index (χ4n) is 1.53. The smallest absolute Gasteiger partial charge is 0.0349 e. The Bertz CT molecular complexity index is 255. The van der Waals surface area contributed by atoms with Crippen LogP contribution in [0.2, 0.25) is 0 Å². The number of hydrogen-bond acceptors (Lipinski definition) is 1. The maximum atomic E-state index is 5.83. The molecule has 0 unspecified atom stereocenters. The van der Waals surface area contributed by atoms with Gasteiger partial charge in [0.2, 0.25) is 0 Å². The van der Waals surface area contributed by atoms with E-state index >= 15 is 0 Å². The summed E-state index contributed by atoms with van der Waals surface area (Å²) < 4.78 is 0. The Morgan fingerprint density at radius 2 is 1.93 bits per heavy atom. The highest BCUT2D eigenvalue weighted by Crippen LogP contribution is 2.16. The lowest BCUT2D eigenvalue weighted by atomic mass is 10.0. The summed E-state index contributed by atoms with van der Waals surface area (Å²) in [5, 5.41) is 0. The summed E-state index contributed by atoms with van der Waals surface area (Å²) in [6, 6.07) is 8.05.